The van der Waals surface area contributed by atoms with Crippen LogP contribution in [0.1, 0.15) is 24.2 Å². The Bertz CT molecular complexity index is 1060. The molecule has 160 valence electrons. The molecule has 1 spiro atoms. The van der Waals surface area contributed by atoms with Crippen molar-refractivity contribution in [3.8, 4) is 0 Å². The number of rotatable bonds is 6. The van der Waals surface area contributed by atoms with E-state index in [1.165, 1.54) is 0 Å². The molecule has 3 aliphatic heterocycles. The first kappa shape index (κ1) is 18.7. The van der Waals surface area contributed by atoms with Gasteiger partial charge in [0.1, 0.15) is 11.4 Å². The van der Waals surface area contributed by atoms with Crippen molar-refractivity contribution in [2.24, 2.45) is 18.9 Å². The van der Waals surface area contributed by atoms with E-state index in [0.29, 0.717) is 19.6 Å². The Kier molecular flexibility index (Phi) is 4.08. The standard InChI is InChI=1S/C23H25N5O3/c1-26-10-9-25-18(26)13-28(16-4-5-16)21(29)19-17-6-7-23(31-17)14-27(22(30)20(19)23)12-15-3-2-8-24-11-15/h2-3,6-11,16-17,19-20H,4-5,12-14H2,1H3/t17-,19?,20?,23-/m0/s1. The molecular weight excluding hydrogens is 394 g/mol. The number of carbonyl (C=O) groups is 2. The molecule has 2 amide bonds. The van der Waals surface area contributed by atoms with Gasteiger partial charge in [0, 0.05) is 44.4 Å². The molecule has 0 N–H and O–H groups in total. The van der Waals surface area contributed by atoms with Gasteiger partial charge in [-0.1, -0.05) is 18.2 Å². The molecule has 1 aliphatic carbocycles. The highest BCUT2D eigenvalue weighted by Gasteiger charge is 2.67. The molecule has 4 atom stereocenters. The lowest BCUT2D eigenvalue weighted by molar-refractivity contribution is -0.144. The number of nitrogens with zero attached hydrogens (tertiary/aromatic N) is 5. The highest BCUT2D eigenvalue weighted by molar-refractivity contribution is 5.93. The zero-order valence-corrected chi connectivity index (χ0v) is 17.4. The molecule has 2 bridgehead atoms. The molecule has 2 saturated heterocycles. The summed E-state index contributed by atoms with van der Waals surface area (Å²) in [6, 6.07) is 4.06. The molecule has 5 heterocycles. The van der Waals surface area contributed by atoms with Crippen molar-refractivity contribution in [3.05, 3.63) is 60.5 Å². The molecule has 2 aromatic rings. The molecule has 6 rings (SSSR count). The third-order valence-electron chi connectivity index (χ3n) is 7.06. The van der Waals surface area contributed by atoms with Gasteiger partial charge in [0.2, 0.25) is 11.8 Å². The van der Waals surface area contributed by atoms with E-state index in [-0.39, 0.29) is 24.0 Å². The fraction of sp³-hybridized carbons (Fsp3) is 0.478. The first-order valence-electron chi connectivity index (χ1n) is 10.9. The van der Waals surface area contributed by atoms with Crippen molar-refractivity contribution < 1.29 is 14.3 Å². The molecular formula is C23H25N5O3. The summed E-state index contributed by atoms with van der Waals surface area (Å²) >= 11 is 0. The van der Waals surface area contributed by atoms with Gasteiger partial charge in [-0.2, -0.15) is 0 Å². The summed E-state index contributed by atoms with van der Waals surface area (Å²) in [7, 11) is 1.94. The predicted molar refractivity (Wildman–Crippen MR) is 110 cm³/mol. The average Bonchev–Trinajstić information content (AvgIpc) is 3.15. The van der Waals surface area contributed by atoms with E-state index in [4.69, 9.17) is 4.74 Å². The van der Waals surface area contributed by atoms with Crippen LogP contribution in [0.4, 0.5) is 0 Å². The van der Waals surface area contributed by atoms with Crippen molar-refractivity contribution >= 4 is 11.8 Å². The van der Waals surface area contributed by atoms with E-state index in [1.807, 2.05) is 51.9 Å². The maximum absolute atomic E-state index is 13.8. The Hall–Kier alpha value is -3.00. The van der Waals surface area contributed by atoms with Gasteiger partial charge in [-0.25, -0.2) is 4.98 Å². The number of amides is 2. The predicted octanol–water partition coefficient (Wildman–Crippen LogP) is 1.29. The molecule has 0 radical (unpaired) electrons. The number of hydrogen-bond donors (Lipinski definition) is 0. The maximum Gasteiger partial charge on any atom is 0.230 e. The molecule has 8 nitrogen and oxygen atoms in total. The zero-order valence-electron chi connectivity index (χ0n) is 17.4. The van der Waals surface area contributed by atoms with Gasteiger partial charge in [-0.05, 0) is 24.5 Å². The van der Waals surface area contributed by atoms with Crippen molar-refractivity contribution in [3.63, 3.8) is 0 Å². The van der Waals surface area contributed by atoms with Crippen LogP contribution in [-0.2, 0) is 34.5 Å². The van der Waals surface area contributed by atoms with Gasteiger partial charge < -0.3 is 19.1 Å². The number of likely N-dealkylation sites (tertiary alicyclic amines) is 1. The number of pyridine rings is 1. The highest BCUT2D eigenvalue weighted by Crippen LogP contribution is 2.53. The van der Waals surface area contributed by atoms with Gasteiger partial charge in [-0.3, -0.25) is 14.6 Å². The van der Waals surface area contributed by atoms with Crippen LogP contribution in [-0.4, -0.2) is 60.4 Å². The monoisotopic (exact) mass is 419 g/mol. The van der Waals surface area contributed by atoms with Crippen molar-refractivity contribution in [2.45, 2.75) is 43.7 Å². The van der Waals surface area contributed by atoms with Crippen LogP contribution in [0.3, 0.4) is 0 Å². The lowest BCUT2D eigenvalue weighted by atomic mass is 9.76. The molecule has 2 aromatic heterocycles. The summed E-state index contributed by atoms with van der Waals surface area (Å²) in [5.74, 6) is -0.0674. The van der Waals surface area contributed by atoms with E-state index >= 15 is 0 Å². The quantitative estimate of drug-likeness (QED) is 0.659. The average molecular weight is 419 g/mol. The molecule has 4 aliphatic rings. The van der Waals surface area contributed by atoms with Gasteiger partial charge in [0.25, 0.3) is 0 Å². The summed E-state index contributed by atoms with van der Waals surface area (Å²) in [5.41, 5.74) is 0.283. The summed E-state index contributed by atoms with van der Waals surface area (Å²) in [4.78, 5) is 39.6. The third-order valence-corrected chi connectivity index (χ3v) is 7.06. The molecule has 2 unspecified atom stereocenters. The lowest BCUT2D eigenvalue weighted by Crippen LogP contribution is -2.46. The second kappa shape index (κ2) is 6.75. The molecule has 3 fully saturated rings. The van der Waals surface area contributed by atoms with Crippen LogP contribution in [0.2, 0.25) is 0 Å². The maximum atomic E-state index is 13.8. The Balaban J connectivity index is 1.27. The normalized spacial score (nSPS) is 30.8. The molecule has 1 saturated carbocycles. The van der Waals surface area contributed by atoms with Crippen LogP contribution in [0.25, 0.3) is 0 Å². The van der Waals surface area contributed by atoms with Crippen LogP contribution >= 0.6 is 0 Å². The van der Waals surface area contributed by atoms with Crippen LogP contribution in [0, 0.1) is 11.8 Å². The van der Waals surface area contributed by atoms with Gasteiger partial charge in [0.15, 0.2) is 0 Å². The topological polar surface area (TPSA) is 80.6 Å². The Morgan fingerprint density at radius 3 is 2.94 bits per heavy atom. The van der Waals surface area contributed by atoms with Crippen LogP contribution in [0.5, 0.6) is 0 Å². The number of carbonyl (C=O) groups excluding carboxylic acids is 2. The first-order chi connectivity index (χ1) is 15.1. The summed E-state index contributed by atoms with van der Waals surface area (Å²) in [5, 5.41) is 0. The zero-order chi connectivity index (χ0) is 21.2. The molecule has 8 heteroatoms. The Labute approximate surface area is 180 Å². The van der Waals surface area contributed by atoms with Gasteiger partial charge >= 0.3 is 0 Å². The largest absolute Gasteiger partial charge is 0.360 e. The van der Waals surface area contributed by atoms with E-state index in [1.54, 1.807) is 18.6 Å². The van der Waals surface area contributed by atoms with Crippen LogP contribution < -0.4 is 0 Å². The minimum Gasteiger partial charge on any atom is -0.360 e. The van der Waals surface area contributed by atoms with Gasteiger partial charge in [0.05, 0.1) is 31.0 Å². The lowest BCUT2D eigenvalue weighted by Gasteiger charge is -2.30. The summed E-state index contributed by atoms with van der Waals surface area (Å²) in [6.45, 7) is 1.42. The highest BCUT2D eigenvalue weighted by atomic mass is 16.5. The molecule has 31 heavy (non-hydrogen) atoms. The SMILES string of the molecule is Cn1ccnc1CN(C(=O)C1C2C(=O)N(Cc3cccnc3)C[C@@]23C=C[C@@H]1O3)C1CC1. The van der Waals surface area contributed by atoms with Crippen LogP contribution in [0.15, 0.2) is 49.1 Å². The minimum atomic E-state index is -0.692. The molecule has 0 aromatic carbocycles. The Morgan fingerprint density at radius 1 is 1.35 bits per heavy atom. The van der Waals surface area contributed by atoms with Crippen molar-refractivity contribution in [1.82, 2.24) is 24.3 Å². The number of imidazole rings is 1. The summed E-state index contributed by atoms with van der Waals surface area (Å²) in [6.07, 6.45) is 12.8. The Morgan fingerprint density at radius 2 is 2.23 bits per heavy atom. The van der Waals surface area contributed by atoms with Gasteiger partial charge in [-0.15, -0.1) is 0 Å². The first-order valence-corrected chi connectivity index (χ1v) is 10.9. The fourth-order valence-electron chi connectivity index (χ4n) is 5.37. The minimum absolute atomic E-state index is 0.00166. The second-order valence-corrected chi connectivity index (χ2v) is 9.11. The fourth-order valence-corrected chi connectivity index (χ4v) is 5.37. The van der Waals surface area contributed by atoms with E-state index in [0.717, 1.165) is 24.2 Å². The number of hydrogen-bond acceptors (Lipinski definition) is 5. The number of fused-ring (bicyclic) bond motifs is 1. The van der Waals surface area contributed by atoms with Crippen molar-refractivity contribution in [1.29, 1.82) is 0 Å². The van der Waals surface area contributed by atoms with E-state index in [2.05, 4.69) is 9.97 Å². The third kappa shape index (κ3) is 2.92. The smallest absolute Gasteiger partial charge is 0.230 e. The second-order valence-electron chi connectivity index (χ2n) is 9.11. The summed E-state index contributed by atoms with van der Waals surface area (Å²) < 4.78 is 8.25. The number of aryl methyl sites for hydroxylation is 1. The van der Waals surface area contributed by atoms with E-state index < -0.39 is 17.4 Å². The van der Waals surface area contributed by atoms with Crippen molar-refractivity contribution in [2.75, 3.05) is 6.54 Å². The number of ether oxygens (including phenoxy) is 1. The van der Waals surface area contributed by atoms with E-state index in [9.17, 15) is 9.59 Å². The number of aromatic nitrogens is 3.